The fraction of sp³-hybridized carbons (Fsp3) is 0.103. The molecule has 0 spiro atoms. The van der Waals surface area contributed by atoms with Crippen molar-refractivity contribution in [2.45, 2.75) is 18.6 Å². The van der Waals surface area contributed by atoms with Crippen LogP contribution in [0.25, 0.3) is 0 Å². The van der Waals surface area contributed by atoms with Crippen LogP contribution in [0.3, 0.4) is 0 Å². The zero-order valence-electron chi connectivity index (χ0n) is 22.0. The first-order valence-corrected chi connectivity index (χ1v) is 12.4. The number of rotatable bonds is 5. The van der Waals surface area contributed by atoms with Crippen molar-refractivity contribution in [3.63, 3.8) is 0 Å². The van der Waals surface area contributed by atoms with E-state index in [9.17, 15) is 60.7 Å². The Balaban J connectivity index is 1.38. The molecule has 2 atom stereocenters. The predicted molar refractivity (Wildman–Crippen MR) is 144 cm³/mol. The molecule has 15 heteroatoms. The minimum atomic E-state index is -1.33. The Morgan fingerprint density at radius 2 is 1.09 bits per heavy atom. The number of esters is 2. The summed E-state index contributed by atoms with van der Waals surface area (Å²) in [7, 11) is 0. The third-order valence-electron chi connectivity index (χ3n) is 6.59. The summed E-state index contributed by atoms with van der Waals surface area (Å²) in [6.45, 7) is 0. The number of aliphatic hydroxyl groups excluding tert-OH is 1. The standard InChI is InChI=1S/C29H22O15/c30-15-7-13(42-28(40)11-3-16(31)24(38)17(32)4-11)8-23-14(15)9-22(37)26(43-23)10-1-20(35)27(21(36)2-10)44-29(41)12-5-18(33)25(39)19(34)6-12/h1-8,22,26,30-39H,9H2. The molecular formula is C29H22O15. The number of phenolic OH excluding ortho intramolecular Hbond substituents is 9. The molecule has 0 aliphatic carbocycles. The molecule has 44 heavy (non-hydrogen) atoms. The Kier molecular flexibility index (Phi) is 7.24. The Morgan fingerprint density at radius 1 is 0.614 bits per heavy atom. The topological polar surface area (TPSA) is 264 Å². The molecule has 228 valence electrons. The summed E-state index contributed by atoms with van der Waals surface area (Å²) in [5.74, 6) is -10.2. The SMILES string of the molecule is O=C(Oc1cc(O)c2c(c1)OC(c1cc(O)c(OC(=O)c3cc(O)c(O)c(O)c3)c(O)c1)C(O)C2)c1cc(O)c(O)c(O)c1. The van der Waals surface area contributed by atoms with Crippen molar-refractivity contribution in [1.29, 1.82) is 0 Å². The Morgan fingerprint density at radius 3 is 1.59 bits per heavy atom. The lowest BCUT2D eigenvalue weighted by molar-refractivity contribution is 0.0195. The summed E-state index contributed by atoms with van der Waals surface area (Å²) in [5.41, 5.74) is -0.642. The van der Waals surface area contributed by atoms with E-state index in [0.29, 0.717) is 0 Å². The highest BCUT2D eigenvalue weighted by molar-refractivity contribution is 5.93. The third kappa shape index (κ3) is 5.37. The van der Waals surface area contributed by atoms with Gasteiger partial charge in [0, 0.05) is 29.7 Å². The summed E-state index contributed by atoms with van der Waals surface area (Å²) in [4.78, 5) is 25.0. The average Bonchev–Trinajstić information content (AvgIpc) is 2.95. The van der Waals surface area contributed by atoms with E-state index in [1.54, 1.807) is 0 Å². The molecule has 0 saturated carbocycles. The van der Waals surface area contributed by atoms with Gasteiger partial charge in [-0.15, -0.1) is 0 Å². The number of phenols is 9. The van der Waals surface area contributed by atoms with Crippen molar-refractivity contribution in [2.75, 3.05) is 0 Å². The molecule has 0 aromatic heterocycles. The van der Waals surface area contributed by atoms with E-state index in [-0.39, 0.29) is 34.6 Å². The average molecular weight is 610 g/mol. The van der Waals surface area contributed by atoms with E-state index < -0.39 is 87.2 Å². The van der Waals surface area contributed by atoms with Gasteiger partial charge in [0.15, 0.2) is 52.1 Å². The molecule has 1 aliphatic rings. The summed E-state index contributed by atoms with van der Waals surface area (Å²) in [5, 5.41) is 99.8. The number of hydrogen-bond acceptors (Lipinski definition) is 15. The minimum Gasteiger partial charge on any atom is -0.507 e. The van der Waals surface area contributed by atoms with Crippen LogP contribution in [0.1, 0.15) is 37.9 Å². The van der Waals surface area contributed by atoms with Gasteiger partial charge in [0.05, 0.1) is 17.2 Å². The maximum absolute atomic E-state index is 12.6. The summed E-state index contributed by atoms with van der Waals surface area (Å²) >= 11 is 0. The highest BCUT2D eigenvalue weighted by Gasteiger charge is 2.34. The van der Waals surface area contributed by atoms with Crippen molar-refractivity contribution in [3.8, 4) is 69.0 Å². The summed E-state index contributed by atoms with van der Waals surface area (Å²) in [6.07, 6.45) is -2.79. The molecule has 1 aliphatic heterocycles. The molecule has 2 unspecified atom stereocenters. The number of aromatic hydroxyl groups is 9. The summed E-state index contributed by atoms with van der Waals surface area (Å²) < 4.78 is 16.0. The van der Waals surface area contributed by atoms with Crippen LogP contribution >= 0.6 is 0 Å². The van der Waals surface area contributed by atoms with Crippen LogP contribution < -0.4 is 14.2 Å². The molecule has 0 amide bonds. The van der Waals surface area contributed by atoms with Crippen LogP contribution in [0, 0.1) is 0 Å². The van der Waals surface area contributed by atoms with Crippen molar-refractivity contribution >= 4 is 11.9 Å². The first-order chi connectivity index (χ1) is 20.7. The van der Waals surface area contributed by atoms with Crippen molar-refractivity contribution in [2.24, 2.45) is 0 Å². The fourth-order valence-electron chi connectivity index (χ4n) is 4.45. The molecule has 0 fully saturated rings. The number of hydrogen-bond donors (Lipinski definition) is 10. The lowest BCUT2D eigenvalue weighted by Gasteiger charge is -2.31. The van der Waals surface area contributed by atoms with Crippen LogP contribution in [0.2, 0.25) is 0 Å². The van der Waals surface area contributed by atoms with Gasteiger partial charge in [-0.25, -0.2) is 9.59 Å². The van der Waals surface area contributed by atoms with Gasteiger partial charge in [0.1, 0.15) is 17.2 Å². The van der Waals surface area contributed by atoms with E-state index in [1.165, 1.54) is 6.07 Å². The van der Waals surface area contributed by atoms with Gasteiger partial charge >= 0.3 is 11.9 Å². The van der Waals surface area contributed by atoms with Crippen molar-refractivity contribution in [3.05, 3.63) is 70.8 Å². The van der Waals surface area contributed by atoms with Crippen molar-refractivity contribution in [1.82, 2.24) is 0 Å². The second-order valence-corrected chi connectivity index (χ2v) is 9.62. The van der Waals surface area contributed by atoms with Gasteiger partial charge in [-0.3, -0.25) is 0 Å². The number of fused-ring (bicyclic) bond motifs is 1. The molecule has 0 saturated heterocycles. The van der Waals surface area contributed by atoms with E-state index >= 15 is 0 Å². The zero-order chi connectivity index (χ0) is 32.0. The maximum Gasteiger partial charge on any atom is 0.344 e. The predicted octanol–water partition coefficient (Wildman–Crippen LogP) is 2.51. The molecular weight excluding hydrogens is 588 g/mol. The van der Waals surface area contributed by atoms with Gasteiger partial charge < -0.3 is 65.3 Å². The molecule has 0 bridgehead atoms. The fourth-order valence-corrected chi connectivity index (χ4v) is 4.45. The molecule has 10 N–H and O–H groups in total. The van der Waals surface area contributed by atoms with Gasteiger partial charge in [0.2, 0.25) is 5.75 Å². The quantitative estimate of drug-likeness (QED) is 0.0884. The first-order valence-electron chi connectivity index (χ1n) is 12.4. The highest BCUT2D eigenvalue weighted by Crippen LogP contribution is 2.46. The number of carbonyl (C=O) groups excluding carboxylic acids is 2. The van der Waals surface area contributed by atoms with Gasteiger partial charge in [0.25, 0.3) is 0 Å². The monoisotopic (exact) mass is 610 g/mol. The summed E-state index contributed by atoms with van der Waals surface area (Å²) in [6, 6.07) is 7.53. The van der Waals surface area contributed by atoms with Crippen LogP contribution in [-0.2, 0) is 6.42 Å². The highest BCUT2D eigenvalue weighted by atomic mass is 16.6. The second-order valence-electron chi connectivity index (χ2n) is 9.62. The molecule has 5 rings (SSSR count). The Labute approximate surface area is 245 Å². The number of carbonyl (C=O) groups is 2. The lowest BCUT2D eigenvalue weighted by Crippen LogP contribution is -2.30. The molecule has 4 aromatic carbocycles. The maximum atomic E-state index is 12.6. The normalized spacial score (nSPS) is 15.6. The largest absolute Gasteiger partial charge is 0.507 e. The Hall–Kier alpha value is -6.22. The molecule has 15 nitrogen and oxygen atoms in total. The number of aliphatic hydroxyl groups is 1. The van der Waals surface area contributed by atoms with E-state index in [2.05, 4.69) is 0 Å². The van der Waals surface area contributed by atoms with E-state index in [1.807, 2.05) is 0 Å². The first kappa shape index (κ1) is 29.3. The minimum absolute atomic E-state index is 0.00481. The Bertz CT molecular complexity index is 1760. The lowest BCUT2D eigenvalue weighted by atomic mass is 9.93. The van der Waals surface area contributed by atoms with Crippen molar-refractivity contribution < 1.29 is 74.9 Å². The number of ether oxygens (including phenoxy) is 3. The van der Waals surface area contributed by atoms with Crippen LogP contribution in [0.4, 0.5) is 0 Å². The van der Waals surface area contributed by atoms with Gasteiger partial charge in [-0.05, 0) is 36.4 Å². The van der Waals surface area contributed by atoms with E-state index in [0.717, 1.165) is 42.5 Å². The van der Waals surface area contributed by atoms with Crippen LogP contribution in [0.15, 0.2) is 48.5 Å². The van der Waals surface area contributed by atoms with Gasteiger partial charge in [-0.2, -0.15) is 0 Å². The molecule has 4 aromatic rings. The smallest absolute Gasteiger partial charge is 0.344 e. The zero-order valence-corrected chi connectivity index (χ0v) is 22.0. The van der Waals surface area contributed by atoms with Crippen LogP contribution in [0.5, 0.6) is 69.0 Å². The third-order valence-corrected chi connectivity index (χ3v) is 6.59. The van der Waals surface area contributed by atoms with E-state index in [4.69, 9.17) is 14.2 Å². The van der Waals surface area contributed by atoms with Gasteiger partial charge in [-0.1, -0.05) is 0 Å². The van der Waals surface area contributed by atoms with Crippen LogP contribution in [-0.4, -0.2) is 69.1 Å². The second kappa shape index (κ2) is 10.9. The molecule has 1 heterocycles. The number of benzene rings is 4. The molecule has 0 radical (unpaired) electrons.